The molecule has 0 saturated carbocycles. The highest BCUT2D eigenvalue weighted by Gasteiger charge is 2.28. The largest absolute Gasteiger partial charge is 0.464 e. The first kappa shape index (κ1) is 23.6. The molecule has 0 bridgehead atoms. The van der Waals surface area contributed by atoms with Crippen molar-refractivity contribution in [2.24, 2.45) is 5.10 Å². The number of carbonyl (C=O) groups is 2. The van der Waals surface area contributed by atoms with Gasteiger partial charge in [-0.15, -0.1) is 0 Å². The van der Waals surface area contributed by atoms with Crippen molar-refractivity contribution in [1.82, 2.24) is 10.7 Å². The zero-order chi connectivity index (χ0) is 25.2. The van der Waals surface area contributed by atoms with Gasteiger partial charge in [0, 0.05) is 35.0 Å². The monoisotopic (exact) mass is 483 g/mol. The Balaban J connectivity index is 1.30. The molecule has 36 heavy (non-hydrogen) atoms. The molecule has 0 atom stereocenters. The van der Waals surface area contributed by atoms with Gasteiger partial charge in [-0.1, -0.05) is 42.5 Å². The molecule has 2 N–H and O–H groups in total. The average molecular weight is 484 g/mol. The molecule has 7 heteroatoms. The maximum absolute atomic E-state index is 12.8. The minimum absolute atomic E-state index is 0.163. The van der Waals surface area contributed by atoms with Crippen molar-refractivity contribution >= 4 is 28.5 Å². The zero-order valence-corrected chi connectivity index (χ0v) is 20.7. The predicted octanol–water partition coefficient (Wildman–Crippen LogP) is 5.28. The van der Waals surface area contributed by atoms with E-state index in [1.807, 2.05) is 63.2 Å². The first-order valence-electron chi connectivity index (χ1n) is 12.2. The van der Waals surface area contributed by atoms with Crippen LogP contribution < -0.4 is 10.7 Å². The van der Waals surface area contributed by atoms with Gasteiger partial charge in [-0.25, -0.2) is 5.43 Å². The number of nitrogens with one attached hydrogen (secondary N) is 2. The normalized spacial score (nSPS) is 14.1. The summed E-state index contributed by atoms with van der Waals surface area (Å²) in [4.78, 5) is 25.6. The van der Waals surface area contributed by atoms with Crippen LogP contribution in [0.25, 0.3) is 11.0 Å². The van der Waals surface area contributed by atoms with E-state index >= 15 is 0 Å². The van der Waals surface area contributed by atoms with E-state index in [0.29, 0.717) is 18.7 Å². The van der Waals surface area contributed by atoms with E-state index in [4.69, 9.17) is 8.83 Å². The van der Waals surface area contributed by atoms with Gasteiger partial charge in [-0.2, -0.15) is 5.10 Å². The van der Waals surface area contributed by atoms with Gasteiger partial charge in [-0.05, 0) is 50.3 Å². The summed E-state index contributed by atoms with van der Waals surface area (Å²) < 4.78 is 11.7. The topological polar surface area (TPSA) is 96.8 Å². The second-order valence-corrected chi connectivity index (χ2v) is 9.29. The average Bonchev–Trinajstić information content (AvgIpc) is 3.45. The number of fused-ring (bicyclic) bond motifs is 2. The van der Waals surface area contributed by atoms with E-state index in [9.17, 15) is 9.59 Å². The Hall–Kier alpha value is -4.13. The van der Waals surface area contributed by atoms with Crippen LogP contribution in [0.5, 0.6) is 0 Å². The molecular weight excluding hydrogens is 454 g/mol. The highest BCUT2D eigenvalue weighted by molar-refractivity contribution is 6.06. The molecule has 0 fully saturated rings. The Morgan fingerprint density at radius 3 is 2.61 bits per heavy atom. The van der Waals surface area contributed by atoms with Crippen molar-refractivity contribution in [3.05, 3.63) is 93.6 Å². The molecule has 2 aromatic heterocycles. The van der Waals surface area contributed by atoms with E-state index in [2.05, 4.69) is 15.8 Å². The first-order chi connectivity index (χ1) is 17.4. The van der Waals surface area contributed by atoms with Crippen LogP contribution in [-0.4, -0.2) is 17.5 Å². The Morgan fingerprint density at radius 1 is 1.00 bits per heavy atom. The van der Waals surface area contributed by atoms with Crippen molar-refractivity contribution in [1.29, 1.82) is 0 Å². The van der Waals surface area contributed by atoms with Gasteiger partial charge in [0.05, 0.1) is 18.4 Å². The highest BCUT2D eigenvalue weighted by Crippen LogP contribution is 2.30. The SMILES string of the molecule is Cc1ccc2c(CC(=O)N/N=C3\CCCc4oc(C(=O)NCc5ccccc5)c(C)c43)coc2c1C. The van der Waals surface area contributed by atoms with Crippen molar-refractivity contribution in [3.8, 4) is 0 Å². The predicted molar refractivity (Wildman–Crippen MR) is 138 cm³/mol. The van der Waals surface area contributed by atoms with Gasteiger partial charge in [0.2, 0.25) is 5.91 Å². The number of hydrazone groups is 1. The Kier molecular flexibility index (Phi) is 6.46. The summed E-state index contributed by atoms with van der Waals surface area (Å²) in [5.41, 5.74) is 9.88. The third-order valence-electron chi connectivity index (χ3n) is 6.84. The fourth-order valence-electron chi connectivity index (χ4n) is 4.72. The first-order valence-corrected chi connectivity index (χ1v) is 12.2. The zero-order valence-electron chi connectivity index (χ0n) is 20.7. The maximum atomic E-state index is 12.8. The van der Waals surface area contributed by atoms with Crippen LogP contribution in [0.1, 0.15) is 62.5 Å². The number of aryl methyl sites for hydroxylation is 3. The molecule has 7 nitrogen and oxygen atoms in total. The number of rotatable bonds is 6. The molecular formula is C29H29N3O4. The lowest BCUT2D eigenvalue weighted by Crippen LogP contribution is -2.24. The molecule has 0 saturated heterocycles. The maximum Gasteiger partial charge on any atom is 0.287 e. The molecule has 0 unspecified atom stereocenters. The van der Waals surface area contributed by atoms with E-state index in [1.54, 1.807) is 6.26 Å². The van der Waals surface area contributed by atoms with Crippen LogP contribution in [0, 0.1) is 20.8 Å². The molecule has 1 aliphatic carbocycles. The number of amides is 2. The minimum Gasteiger partial charge on any atom is -0.464 e. The van der Waals surface area contributed by atoms with Gasteiger partial charge >= 0.3 is 0 Å². The molecule has 5 rings (SSSR count). The van der Waals surface area contributed by atoms with Gasteiger partial charge < -0.3 is 14.2 Å². The molecule has 2 aromatic carbocycles. The standard InChI is InChI=1S/C29H29N3O4/c1-17-12-13-22-21(16-35-27(22)18(17)2)14-25(33)32-31-23-10-7-11-24-26(23)19(3)28(36-24)29(34)30-15-20-8-5-4-6-9-20/h4-6,8-9,12-13,16H,7,10-11,14-15H2,1-3H3,(H,30,34)(H,32,33)/b31-23+. The lowest BCUT2D eigenvalue weighted by atomic mass is 9.93. The third kappa shape index (κ3) is 4.56. The molecule has 0 aliphatic heterocycles. The lowest BCUT2D eigenvalue weighted by molar-refractivity contribution is -0.120. The highest BCUT2D eigenvalue weighted by atomic mass is 16.4. The van der Waals surface area contributed by atoms with Crippen molar-refractivity contribution in [2.75, 3.05) is 0 Å². The second-order valence-electron chi connectivity index (χ2n) is 9.29. The van der Waals surface area contributed by atoms with Gasteiger partial charge in [0.25, 0.3) is 5.91 Å². The van der Waals surface area contributed by atoms with Crippen LogP contribution >= 0.6 is 0 Å². The molecule has 0 radical (unpaired) electrons. The lowest BCUT2D eigenvalue weighted by Gasteiger charge is -2.13. The Labute approximate surface area is 209 Å². The Morgan fingerprint density at radius 2 is 1.81 bits per heavy atom. The molecule has 2 heterocycles. The number of carbonyl (C=O) groups excluding carboxylic acids is 2. The molecule has 0 spiro atoms. The summed E-state index contributed by atoms with van der Waals surface area (Å²) in [5, 5.41) is 8.31. The van der Waals surface area contributed by atoms with Crippen LogP contribution in [0.3, 0.4) is 0 Å². The van der Waals surface area contributed by atoms with Crippen LogP contribution in [0.15, 0.2) is 62.7 Å². The number of benzene rings is 2. The molecule has 2 amide bonds. The van der Waals surface area contributed by atoms with Gasteiger partial charge in [0.15, 0.2) is 5.76 Å². The molecule has 1 aliphatic rings. The summed E-state index contributed by atoms with van der Waals surface area (Å²) in [6.07, 6.45) is 4.07. The quantitative estimate of drug-likeness (QED) is 0.365. The van der Waals surface area contributed by atoms with Crippen LogP contribution in [-0.2, 0) is 24.2 Å². The van der Waals surface area contributed by atoms with E-state index < -0.39 is 0 Å². The smallest absolute Gasteiger partial charge is 0.287 e. The summed E-state index contributed by atoms with van der Waals surface area (Å²) in [6, 6.07) is 13.8. The fraction of sp³-hybridized carbons (Fsp3) is 0.276. The fourth-order valence-corrected chi connectivity index (χ4v) is 4.72. The van der Waals surface area contributed by atoms with Gasteiger partial charge in [0.1, 0.15) is 11.3 Å². The summed E-state index contributed by atoms with van der Waals surface area (Å²) in [6.45, 7) is 6.34. The molecule has 4 aromatic rings. The van der Waals surface area contributed by atoms with E-state index in [0.717, 1.165) is 68.7 Å². The number of nitrogens with zero attached hydrogens (tertiary/aromatic N) is 1. The van der Waals surface area contributed by atoms with Gasteiger partial charge in [-0.3, -0.25) is 9.59 Å². The van der Waals surface area contributed by atoms with Crippen LogP contribution in [0.2, 0.25) is 0 Å². The number of hydrogen-bond donors (Lipinski definition) is 2. The summed E-state index contributed by atoms with van der Waals surface area (Å²) >= 11 is 0. The van der Waals surface area contributed by atoms with Crippen molar-refractivity contribution < 1.29 is 18.4 Å². The van der Waals surface area contributed by atoms with Crippen molar-refractivity contribution in [2.45, 2.75) is 53.0 Å². The summed E-state index contributed by atoms with van der Waals surface area (Å²) in [7, 11) is 0. The molecule has 184 valence electrons. The number of hydrogen-bond acceptors (Lipinski definition) is 5. The van der Waals surface area contributed by atoms with E-state index in [1.165, 1.54) is 0 Å². The summed E-state index contributed by atoms with van der Waals surface area (Å²) in [5.74, 6) is 0.555. The third-order valence-corrected chi connectivity index (χ3v) is 6.84. The second kappa shape index (κ2) is 9.85. The van der Waals surface area contributed by atoms with Crippen LogP contribution in [0.4, 0.5) is 0 Å². The minimum atomic E-state index is -0.258. The van der Waals surface area contributed by atoms with E-state index in [-0.39, 0.29) is 18.2 Å². The Bertz CT molecular complexity index is 1480. The number of furan rings is 2. The van der Waals surface area contributed by atoms with Crippen molar-refractivity contribution in [3.63, 3.8) is 0 Å².